The Balaban J connectivity index is 1.31. The van der Waals surface area contributed by atoms with Crippen LogP contribution in [0.1, 0.15) is 5.56 Å². The molecule has 0 saturated carbocycles. The third-order valence-corrected chi connectivity index (χ3v) is 7.85. The lowest BCUT2D eigenvalue weighted by Gasteiger charge is -2.52. The van der Waals surface area contributed by atoms with Gasteiger partial charge in [-0.2, -0.15) is 0 Å². The van der Waals surface area contributed by atoms with Crippen LogP contribution in [0.25, 0.3) is 0 Å². The van der Waals surface area contributed by atoms with Gasteiger partial charge in [0.1, 0.15) is 5.60 Å². The van der Waals surface area contributed by atoms with Gasteiger partial charge in [0.25, 0.3) is 0 Å². The van der Waals surface area contributed by atoms with Crippen LogP contribution < -0.4 is 0 Å². The van der Waals surface area contributed by atoms with Crippen molar-refractivity contribution in [3.63, 3.8) is 0 Å². The third kappa shape index (κ3) is 4.18. The number of rotatable bonds is 4. The van der Waals surface area contributed by atoms with E-state index < -0.39 is 20.7 Å². The van der Waals surface area contributed by atoms with Gasteiger partial charge >= 0.3 is 0 Å². The number of nitrogens with zero attached hydrogens (tertiary/aromatic N) is 2. The molecule has 4 rings (SSSR count). The molecule has 0 aromatic heterocycles. The van der Waals surface area contributed by atoms with Crippen LogP contribution >= 0.6 is 0 Å². The fourth-order valence-electron chi connectivity index (χ4n) is 4.03. The van der Waals surface area contributed by atoms with E-state index in [1.807, 2.05) is 30.3 Å². The average Bonchev–Trinajstić information content (AvgIpc) is 2.63. The number of likely N-dealkylation sites (tertiary alicyclic amines) is 1. The first kappa shape index (κ1) is 18.9. The number of benzene rings is 1. The molecule has 3 aliphatic heterocycles. The van der Waals surface area contributed by atoms with Gasteiger partial charge in [0.2, 0.25) is 5.91 Å². The van der Waals surface area contributed by atoms with E-state index in [1.54, 1.807) is 4.90 Å². The standard InChI is InChI=1S/C19H26N2O5S/c22-18(10-16-4-2-1-3-5-16)21-13-19(14-21)15-27(23,24)17(12-26-19)11-20-6-8-25-9-7-20/h1-5,17H,6-15H2/t17-/m0/s1. The van der Waals surface area contributed by atoms with Gasteiger partial charge in [0.05, 0.1) is 50.3 Å². The van der Waals surface area contributed by atoms with Crippen LogP contribution in [0.4, 0.5) is 0 Å². The third-order valence-electron chi connectivity index (χ3n) is 5.62. The number of carbonyl (C=O) groups is 1. The van der Waals surface area contributed by atoms with Crippen molar-refractivity contribution in [2.75, 3.05) is 58.3 Å². The molecule has 3 saturated heterocycles. The van der Waals surface area contributed by atoms with E-state index in [1.165, 1.54) is 0 Å². The van der Waals surface area contributed by atoms with Gasteiger partial charge in [-0.3, -0.25) is 9.69 Å². The van der Waals surface area contributed by atoms with Crippen LogP contribution in [-0.4, -0.2) is 93.3 Å². The van der Waals surface area contributed by atoms with Crippen LogP contribution in [0.5, 0.6) is 0 Å². The highest BCUT2D eigenvalue weighted by Crippen LogP contribution is 2.33. The molecule has 8 heteroatoms. The summed E-state index contributed by atoms with van der Waals surface area (Å²) >= 11 is 0. The van der Waals surface area contributed by atoms with Crippen molar-refractivity contribution in [2.45, 2.75) is 17.3 Å². The van der Waals surface area contributed by atoms with E-state index in [4.69, 9.17) is 9.47 Å². The maximum absolute atomic E-state index is 12.8. The Bertz CT molecular complexity index is 771. The van der Waals surface area contributed by atoms with Crippen molar-refractivity contribution >= 4 is 15.7 Å². The van der Waals surface area contributed by atoms with Crippen LogP contribution in [0.3, 0.4) is 0 Å². The van der Waals surface area contributed by atoms with Gasteiger partial charge in [-0.25, -0.2) is 8.42 Å². The van der Waals surface area contributed by atoms with E-state index in [2.05, 4.69) is 4.90 Å². The van der Waals surface area contributed by atoms with Gasteiger partial charge in [0, 0.05) is 19.6 Å². The summed E-state index contributed by atoms with van der Waals surface area (Å²) in [4.78, 5) is 16.2. The summed E-state index contributed by atoms with van der Waals surface area (Å²) in [6, 6.07) is 9.58. The molecule has 3 aliphatic rings. The van der Waals surface area contributed by atoms with Crippen molar-refractivity contribution < 1.29 is 22.7 Å². The second kappa shape index (κ2) is 7.50. The van der Waals surface area contributed by atoms with Gasteiger partial charge in [-0.15, -0.1) is 0 Å². The number of amides is 1. The molecule has 0 aliphatic carbocycles. The van der Waals surface area contributed by atoms with Crippen molar-refractivity contribution in [1.29, 1.82) is 0 Å². The Kier molecular flexibility index (Phi) is 5.24. The minimum Gasteiger partial charge on any atom is -0.379 e. The number of sulfone groups is 1. The lowest BCUT2D eigenvalue weighted by molar-refractivity contribution is -0.164. The summed E-state index contributed by atoms with van der Waals surface area (Å²) in [5.41, 5.74) is 0.248. The normalized spacial score (nSPS) is 27.3. The minimum atomic E-state index is -3.24. The highest BCUT2D eigenvalue weighted by molar-refractivity contribution is 7.92. The monoisotopic (exact) mass is 394 g/mol. The maximum Gasteiger partial charge on any atom is 0.227 e. The van der Waals surface area contributed by atoms with Gasteiger partial charge in [-0.05, 0) is 5.56 Å². The molecule has 0 N–H and O–H groups in total. The summed E-state index contributed by atoms with van der Waals surface area (Å²) in [5.74, 6) is 0.0210. The summed E-state index contributed by atoms with van der Waals surface area (Å²) in [6.07, 6.45) is 0.337. The number of hydrogen-bond acceptors (Lipinski definition) is 6. The molecule has 27 heavy (non-hydrogen) atoms. The summed E-state index contributed by atoms with van der Waals surface area (Å²) in [5, 5.41) is -0.490. The van der Waals surface area contributed by atoms with Crippen molar-refractivity contribution in [3.8, 4) is 0 Å². The molecule has 1 aromatic rings. The van der Waals surface area contributed by atoms with E-state index in [0.717, 1.165) is 18.7 Å². The highest BCUT2D eigenvalue weighted by atomic mass is 32.2. The molecule has 1 amide bonds. The van der Waals surface area contributed by atoms with E-state index in [0.29, 0.717) is 39.3 Å². The lowest BCUT2D eigenvalue weighted by Crippen LogP contribution is -2.71. The first-order valence-corrected chi connectivity index (χ1v) is 11.1. The lowest BCUT2D eigenvalue weighted by atomic mass is 9.94. The van der Waals surface area contributed by atoms with E-state index in [9.17, 15) is 13.2 Å². The van der Waals surface area contributed by atoms with Crippen molar-refractivity contribution in [3.05, 3.63) is 35.9 Å². The van der Waals surface area contributed by atoms with Crippen LogP contribution in [0, 0.1) is 0 Å². The molecular formula is C19H26N2O5S. The average molecular weight is 394 g/mol. The zero-order valence-corrected chi connectivity index (χ0v) is 16.2. The first-order valence-electron chi connectivity index (χ1n) is 9.43. The minimum absolute atomic E-state index is 0.00409. The first-order chi connectivity index (χ1) is 13.0. The molecule has 0 radical (unpaired) electrons. The van der Waals surface area contributed by atoms with Crippen LogP contribution in [0.15, 0.2) is 30.3 Å². The second-order valence-electron chi connectivity index (χ2n) is 7.75. The molecule has 3 fully saturated rings. The fraction of sp³-hybridized carbons (Fsp3) is 0.632. The number of carbonyl (C=O) groups excluding carboxylic acids is 1. The van der Waals surface area contributed by atoms with Crippen molar-refractivity contribution in [1.82, 2.24) is 9.80 Å². The topological polar surface area (TPSA) is 76.2 Å². The highest BCUT2D eigenvalue weighted by Gasteiger charge is 2.53. The predicted molar refractivity (Wildman–Crippen MR) is 100 cm³/mol. The Morgan fingerprint density at radius 1 is 1.15 bits per heavy atom. The van der Waals surface area contributed by atoms with Crippen molar-refractivity contribution in [2.24, 2.45) is 0 Å². The Hall–Kier alpha value is -1.48. The molecule has 1 aromatic carbocycles. The largest absolute Gasteiger partial charge is 0.379 e. The Morgan fingerprint density at radius 2 is 1.85 bits per heavy atom. The maximum atomic E-state index is 12.8. The predicted octanol–water partition coefficient (Wildman–Crippen LogP) is -0.0441. The fourth-order valence-corrected chi connectivity index (χ4v) is 5.98. The number of ether oxygens (including phenoxy) is 2. The molecule has 1 spiro atoms. The Morgan fingerprint density at radius 3 is 2.52 bits per heavy atom. The summed E-state index contributed by atoms with van der Waals surface area (Å²) < 4.78 is 36.9. The molecular weight excluding hydrogens is 368 g/mol. The summed E-state index contributed by atoms with van der Waals surface area (Å²) in [7, 11) is -3.24. The molecule has 3 heterocycles. The second-order valence-corrected chi connectivity index (χ2v) is 10.0. The number of morpholine rings is 1. The zero-order valence-electron chi connectivity index (χ0n) is 15.4. The molecule has 1 atom stereocenters. The van der Waals surface area contributed by atoms with Crippen LogP contribution in [0.2, 0.25) is 0 Å². The zero-order chi connectivity index (χ0) is 18.9. The van der Waals surface area contributed by atoms with Gasteiger partial charge < -0.3 is 14.4 Å². The smallest absolute Gasteiger partial charge is 0.227 e. The van der Waals surface area contributed by atoms with Gasteiger partial charge in [-0.1, -0.05) is 30.3 Å². The molecule has 0 unspecified atom stereocenters. The molecule has 7 nitrogen and oxygen atoms in total. The Labute approximate surface area is 160 Å². The SMILES string of the molecule is O=C(Cc1ccccc1)N1CC2(C1)CS(=O)(=O)[C@@H](CN1CCOCC1)CO2. The van der Waals surface area contributed by atoms with E-state index >= 15 is 0 Å². The molecule has 148 valence electrons. The van der Waals surface area contributed by atoms with Crippen LogP contribution in [-0.2, 0) is 30.5 Å². The number of hydrogen-bond donors (Lipinski definition) is 0. The quantitative estimate of drug-likeness (QED) is 0.713. The van der Waals surface area contributed by atoms with E-state index in [-0.39, 0.29) is 18.3 Å². The van der Waals surface area contributed by atoms with Gasteiger partial charge in [0.15, 0.2) is 9.84 Å². The summed E-state index contributed by atoms with van der Waals surface area (Å²) in [6.45, 7) is 4.26. The molecule has 0 bridgehead atoms.